The van der Waals surface area contributed by atoms with E-state index in [0.717, 1.165) is 19.3 Å². The molecule has 0 aromatic rings. The molecule has 5 heteroatoms. The van der Waals surface area contributed by atoms with Gasteiger partial charge in [0.1, 0.15) is 12.1 Å². The molecule has 2 unspecified atom stereocenters. The highest BCUT2D eigenvalue weighted by atomic mass is 16.6. The maximum absolute atomic E-state index is 12.6. The van der Waals surface area contributed by atoms with E-state index in [4.69, 9.17) is 4.74 Å². The summed E-state index contributed by atoms with van der Waals surface area (Å²) in [6.07, 6.45) is 1.79. The Labute approximate surface area is 140 Å². The molecule has 0 aromatic carbocycles. The van der Waals surface area contributed by atoms with Crippen LogP contribution < -0.4 is 5.32 Å². The Kier molecular flexibility index (Phi) is 7.52. The molecule has 0 radical (unpaired) electrons. The van der Waals surface area contributed by atoms with Crippen molar-refractivity contribution in [2.45, 2.75) is 79.1 Å². The van der Waals surface area contributed by atoms with Crippen LogP contribution in [0.3, 0.4) is 0 Å². The van der Waals surface area contributed by atoms with Crippen molar-refractivity contribution in [2.75, 3.05) is 0 Å². The molecule has 0 saturated heterocycles. The Morgan fingerprint density at radius 3 is 2.26 bits per heavy atom. The van der Waals surface area contributed by atoms with Crippen molar-refractivity contribution in [3.8, 4) is 0 Å². The van der Waals surface area contributed by atoms with Gasteiger partial charge in [-0.3, -0.25) is 4.79 Å². The molecule has 2 N–H and O–H groups in total. The number of aliphatic hydroxyl groups excluding tert-OH is 1. The fourth-order valence-electron chi connectivity index (χ4n) is 3.27. The molecular formula is C18H33NO4. The lowest BCUT2D eigenvalue weighted by molar-refractivity contribution is -0.156. The van der Waals surface area contributed by atoms with Crippen LogP contribution >= 0.6 is 0 Å². The number of carbonyl (C=O) groups excluding carboxylic acids is 2. The molecule has 1 saturated carbocycles. The molecule has 1 fully saturated rings. The van der Waals surface area contributed by atoms with Gasteiger partial charge in [0.15, 0.2) is 0 Å². The third kappa shape index (κ3) is 5.79. The van der Waals surface area contributed by atoms with Crippen LogP contribution in [-0.4, -0.2) is 35.2 Å². The van der Waals surface area contributed by atoms with Crippen LogP contribution in [0.1, 0.15) is 60.8 Å². The quantitative estimate of drug-likeness (QED) is 0.735. The lowest BCUT2D eigenvalue weighted by atomic mass is 9.69. The smallest absolute Gasteiger partial charge is 0.328 e. The van der Waals surface area contributed by atoms with Crippen LogP contribution in [0.4, 0.5) is 0 Å². The first-order chi connectivity index (χ1) is 10.6. The lowest BCUT2D eigenvalue weighted by Gasteiger charge is -2.36. The molecule has 0 spiro atoms. The fraction of sp³-hybridized carbons (Fsp3) is 0.889. The second-order valence-electron chi connectivity index (χ2n) is 7.55. The fourth-order valence-corrected chi connectivity index (χ4v) is 3.27. The molecule has 23 heavy (non-hydrogen) atoms. The number of carbonyl (C=O) groups is 2. The number of aliphatic hydroxyl groups is 1. The summed E-state index contributed by atoms with van der Waals surface area (Å²) in [7, 11) is 0. The first kappa shape index (κ1) is 19.9. The van der Waals surface area contributed by atoms with Gasteiger partial charge < -0.3 is 15.2 Å². The van der Waals surface area contributed by atoms with Gasteiger partial charge in [-0.2, -0.15) is 0 Å². The summed E-state index contributed by atoms with van der Waals surface area (Å²) in [5, 5.41) is 12.2. The Morgan fingerprint density at radius 1 is 1.13 bits per heavy atom. The zero-order valence-corrected chi connectivity index (χ0v) is 15.3. The largest absolute Gasteiger partial charge is 0.458 e. The van der Waals surface area contributed by atoms with E-state index in [1.807, 2.05) is 0 Å². The van der Waals surface area contributed by atoms with Crippen LogP contribution in [0.15, 0.2) is 0 Å². The van der Waals surface area contributed by atoms with Crippen LogP contribution in [0.5, 0.6) is 0 Å². The Hall–Kier alpha value is -1.10. The van der Waals surface area contributed by atoms with E-state index in [9.17, 15) is 14.7 Å². The molecule has 0 aromatic heterocycles. The highest BCUT2D eigenvalue weighted by Crippen LogP contribution is 2.38. The van der Waals surface area contributed by atoms with E-state index in [1.54, 1.807) is 20.8 Å². The molecule has 6 atom stereocenters. The number of hydrogen-bond acceptors (Lipinski definition) is 4. The Morgan fingerprint density at radius 2 is 1.74 bits per heavy atom. The summed E-state index contributed by atoms with van der Waals surface area (Å²) in [5.41, 5.74) is 0. The Balaban J connectivity index is 2.63. The van der Waals surface area contributed by atoms with Crippen LogP contribution in [0, 0.1) is 23.7 Å². The number of amides is 1. The topological polar surface area (TPSA) is 75.6 Å². The maximum Gasteiger partial charge on any atom is 0.328 e. The van der Waals surface area contributed by atoms with Gasteiger partial charge in [-0.1, -0.05) is 27.2 Å². The minimum absolute atomic E-state index is 0.0387. The molecule has 134 valence electrons. The molecule has 1 aliphatic carbocycles. The predicted molar refractivity (Wildman–Crippen MR) is 89.7 cm³/mol. The third-order valence-corrected chi connectivity index (χ3v) is 5.05. The third-order valence-electron chi connectivity index (χ3n) is 5.05. The van der Waals surface area contributed by atoms with E-state index in [-0.39, 0.29) is 11.8 Å². The van der Waals surface area contributed by atoms with Crippen molar-refractivity contribution in [2.24, 2.45) is 23.7 Å². The molecule has 0 heterocycles. The van der Waals surface area contributed by atoms with E-state index >= 15 is 0 Å². The highest BCUT2D eigenvalue weighted by Gasteiger charge is 2.36. The standard InChI is InChI=1S/C18H33NO4/c1-10(2)15-8-7-11(3)9-16(15)17(21)19-12(4)18(22)23-14(6)13(5)20/h10-16,20H,7-9H2,1-6H3,(H,19,21)/t11-,12-,13?,14?,15+,16-/m1/s1. The second kappa shape index (κ2) is 8.67. The normalized spacial score (nSPS) is 28.8. The van der Waals surface area contributed by atoms with Crippen LogP contribution in [0.25, 0.3) is 0 Å². The zero-order chi connectivity index (χ0) is 17.7. The zero-order valence-electron chi connectivity index (χ0n) is 15.3. The number of nitrogens with one attached hydrogen (secondary N) is 1. The van der Waals surface area contributed by atoms with E-state index in [1.165, 1.54) is 0 Å². The van der Waals surface area contributed by atoms with Gasteiger partial charge in [0.25, 0.3) is 0 Å². The molecular weight excluding hydrogens is 294 g/mol. The number of ether oxygens (including phenoxy) is 1. The molecule has 1 aliphatic rings. The van der Waals surface area contributed by atoms with E-state index in [0.29, 0.717) is 17.8 Å². The van der Waals surface area contributed by atoms with Gasteiger partial charge in [0.2, 0.25) is 5.91 Å². The minimum atomic E-state index is -0.730. The summed E-state index contributed by atoms with van der Waals surface area (Å²) >= 11 is 0. The predicted octanol–water partition coefficient (Wildman–Crippen LogP) is 2.51. The maximum atomic E-state index is 12.6. The monoisotopic (exact) mass is 327 g/mol. The summed E-state index contributed by atoms with van der Waals surface area (Å²) < 4.78 is 5.15. The second-order valence-corrected chi connectivity index (χ2v) is 7.55. The number of rotatable bonds is 6. The van der Waals surface area contributed by atoms with Gasteiger partial charge in [0.05, 0.1) is 6.10 Å². The number of esters is 1. The summed E-state index contributed by atoms with van der Waals surface area (Å²) in [6, 6.07) is -0.700. The highest BCUT2D eigenvalue weighted by molar-refractivity contribution is 5.85. The number of hydrogen-bond donors (Lipinski definition) is 2. The van der Waals surface area contributed by atoms with Gasteiger partial charge in [0, 0.05) is 5.92 Å². The van der Waals surface area contributed by atoms with Crippen molar-refractivity contribution < 1.29 is 19.4 Å². The minimum Gasteiger partial charge on any atom is -0.458 e. The van der Waals surface area contributed by atoms with Crippen molar-refractivity contribution in [3.63, 3.8) is 0 Å². The molecule has 5 nitrogen and oxygen atoms in total. The first-order valence-electron chi connectivity index (χ1n) is 8.82. The van der Waals surface area contributed by atoms with Crippen LogP contribution in [0.2, 0.25) is 0 Å². The molecule has 1 rings (SSSR count). The SMILES string of the molecule is CC(O)C(C)OC(=O)[C@@H](C)NC(=O)[C@@H]1C[C@H](C)CC[C@H]1C(C)C. The Bertz CT molecular complexity index is 408. The average molecular weight is 327 g/mol. The van der Waals surface area contributed by atoms with Gasteiger partial charge >= 0.3 is 5.97 Å². The summed E-state index contributed by atoms with van der Waals surface area (Å²) in [5.74, 6) is 0.768. The van der Waals surface area contributed by atoms with E-state index < -0.39 is 24.2 Å². The average Bonchev–Trinajstić information content (AvgIpc) is 2.46. The van der Waals surface area contributed by atoms with Crippen LogP contribution in [-0.2, 0) is 14.3 Å². The summed E-state index contributed by atoms with van der Waals surface area (Å²) in [4.78, 5) is 24.6. The summed E-state index contributed by atoms with van der Waals surface area (Å²) in [6.45, 7) is 11.3. The van der Waals surface area contributed by atoms with Crippen molar-refractivity contribution in [3.05, 3.63) is 0 Å². The molecule has 1 amide bonds. The lowest BCUT2D eigenvalue weighted by Crippen LogP contribution is -2.47. The van der Waals surface area contributed by atoms with Crippen molar-refractivity contribution >= 4 is 11.9 Å². The molecule has 0 bridgehead atoms. The van der Waals surface area contributed by atoms with Gasteiger partial charge in [-0.25, -0.2) is 4.79 Å². The van der Waals surface area contributed by atoms with Crippen molar-refractivity contribution in [1.29, 1.82) is 0 Å². The van der Waals surface area contributed by atoms with Gasteiger partial charge in [-0.05, 0) is 51.4 Å². The van der Waals surface area contributed by atoms with Crippen molar-refractivity contribution in [1.82, 2.24) is 5.32 Å². The molecule has 0 aliphatic heterocycles. The van der Waals surface area contributed by atoms with Gasteiger partial charge in [-0.15, -0.1) is 0 Å². The van der Waals surface area contributed by atoms with E-state index in [2.05, 4.69) is 26.1 Å². The first-order valence-corrected chi connectivity index (χ1v) is 8.82.